The second-order valence-electron chi connectivity index (χ2n) is 7.53. The molecule has 0 radical (unpaired) electrons. The van der Waals surface area contributed by atoms with Gasteiger partial charge in [-0.25, -0.2) is 0 Å². The molecule has 0 bridgehead atoms. The number of rotatable bonds is 8. The molecule has 2 N–H and O–H groups in total. The Labute approximate surface area is 198 Å². The van der Waals surface area contributed by atoms with Crippen molar-refractivity contribution in [3.63, 3.8) is 0 Å². The van der Waals surface area contributed by atoms with Gasteiger partial charge in [-0.1, -0.05) is 29.3 Å². The zero-order valence-corrected chi connectivity index (χ0v) is 18.7. The number of aliphatic carboxylic acids is 1. The van der Waals surface area contributed by atoms with E-state index in [1.165, 1.54) is 6.07 Å². The van der Waals surface area contributed by atoms with E-state index in [1.54, 1.807) is 30.3 Å². The molecule has 0 unspecified atom stereocenters. The number of hydrogen-bond acceptors (Lipinski definition) is 6. The van der Waals surface area contributed by atoms with Crippen molar-refractivity contribution in [2.75, 3.05) is 18.5 Å². The SMILES string of the molecule is O=C(Nc1ccc(Cl)cc1OCCOC1CC(C(=O)O)C1)c1cc(=O)c2cccc(Cl)c2o1. The number of carboxylic acids is 1. The maximum absolute atomic E-state index is 12.8. The Bertz CT molecular complexity index is 1270. The number of carboxylic acid groups (broad SMARTS) is 1. The maximum atomic E-state index is 12.8. The summed E-state index contributed by atoms with van der Waals surface area (Å²) in [6.45, 7) is 0.410. The number of amides is 1. The van der Waals surface area contributed by atoms with Gasteiger partial charge in [0.15, 0.2) is 16.8 Å². The first-order valence-corrected chi connectivity index (χ1v) is 10.9. The molecule has 1 amide bonds. The molecule has 1 aliphatic carbocycles. The van der Waals surface area contributed by atoms with E-state index in [-0.39, 0.29) is 47.0 Å². The molecule has 1 saturated carbocycles. The van der Waals surface area contributed by atoms with E-state index in [2.05, 4.69) is 5.32 Å². The van der Waals surface area contributed by atoms with Crippen LogP contribution in [-0.2, 0) is 9.53 Å². The third kappa shape index (κ3) is 5.30. The number of benzene rings is 2. The van der Waals surface area contributed by atoms with Crippen molar-refractivity contribution in [2.24, 2.45) is 5.92 Å². The van der Waals surface area contributed by atoms with E-state index in [1.807, 2.05) is 0 Å². The largest absolute Gasteiger partial charge is 0.489 e. The van der Waals surface area contributed by atoms with Crippen LogP contribution in [0.3, 0.4) is 0 Å². The van der Waals surface area contributed by atoms with Crippen LogP contribution in [0.25, 0.3) is 11.0 Å². The van der Waals surface area contributed by atoms with Gasteiger partial charge in [0.05, 0.1) is 34.7 Å². The molecule has 10 heteroatoms. The van der Waals surface area contributed by atoms with Gasteiger partial charge in [-0.15, -0.1) is 0 Å². The van der Waals surface area contributed by atoms with Crippen LogP contribution < -0.4 is 15.5 Å². The lowest BCUT2D eigenvalue weighted by Crippen LogP contribution is -2.37. The number of fused-ring (bicyclic) bond motifs is 1. The lowest BCUT2D eigenvalue weighted by Gasteiger charge is -2.32. The Morgan fingerprint density at radius 1 is 1.12 bits per heavy atom. The van der Waals surface area contributed by atoms with E-state index in [0.717, 1.165) is 6.07 Å². The Morgan fingerprint density at radius 2 is 1.91 bits per heavy atom. The number of para-hydroxylation sites is 1. The summed E-state index contributed by atoms with van der Waals surface area (Å²) < 4.78 is 16.9. The molecule has 0 aliphatic heterocycles. The van der Waals surface area contributed by atoms with Gasteiger partial charge in [0.2, 0.25) is 0 Å². The number of ether oxygens (including phenoxy) is 2. The zero-order valence-electron chi connectivity index (χ0n) is 17.2. The van der Waals surface area contributed by atoms with Gasteiger partial charge >= 0.3 is 5.97 Å². The lowest BCUT2D eigenvalue weighted by atomic mass is 9.82. The van der Waals surface area contributed by atoms with Gasteiger partial charge < -0.3 is 24.3 Å². The topological polar surface area (TPSA) is 115 Å². The first-order chi connectivity index (χ1) is 15.8. The number of carbonyl (C=O) groups is 2. The fraction of sp³-hybridized carbons (Fsp3) is 0.261. The summed E-state index contributed by atoms with van der Waals surface area (Å²) in [4.78, 5) is 36.0. The van der Waals surface area contributed by atoms with Crippen LogP contribution in [0.15, 0.2) is 51.7 Å². The zero-order chi connectivity index (χ0) is 23.5. The summed E-state index contributed by atoms with van der Waals surface area (Å²) in [5.74, 6) is -1.72. The van der Waals surface area contributed by atoms with Crippen LogP contribution in [0, 0.1) is 5.92 Å². The molecule has 8 nitrogen and oxygen atoms in total. The smallest absolute Gasteiger partial charge is 0.306 e. The molecule has 0 atom stereocenters. The predicted octanol–water partition coefficient (Wildman–Crippen LogP) is 4.61. The molecule has 33 heavy (non-hydrogen) atoms. The normalized spacial score (nSPS) is 17.4. The van der Waals surface area contributed by atoms with Crippen LogP contribution >= 0.6 is 23.2 Å². The Balaban J connectivity index is 1.42. The Hall–Kier alpha value is -3.07. The summed E-state index contributed by atoms with van der Waals surface area (Å²) in [6, 6.07) is 10.5. The number of halogens is 2. The van der Waals surface area contributed by atoms with Crippen molar-refractivity contribution in [3.8, 4) is 5.75 Å². The summed E-state index contributed by atoms with van der Waals surface area (Å²) in [5, 5.41) is 12.4. The maximum Gasteiger partial charge on any atom is 0.306 e. The van der Waals surface area contributed by atoms with E-state index in [0.29, 0.717) is 29.3 Å². The van der Waals surface area contributed by atoms with Gasteiger partial charge in [0, 0.05) is 17.2 Å². The second kappa shape index (κ2) is 9.82. The molecular formula is C23H19Cl2NO7. The third-order valence-corrected chi connectivity index (χ3v) is 5.79. The van der Waals surface area contributed by atoms with Crippen LogP contribution in [-0.4, -0.2) is 36.3 Å². The number of anilines is 1. The van der Waals surface area contributed by atoms with Crippen LogP contribution in [0.5, 0.6) is 5.75 Å². The van der Waals surface area contributed by atoms with Gasteiger partial charge in [0.25, 0.3) is 5.91 Å². The van der Waals surface area contributed by atoms with Crippen LogP contribution in [0.4, 0.5) is 5.69 Å². The number of nitrogens with one attached hydrogen (secondary N) is 1. The minimum Gasteiger partial charge on any atom is -0.489 e. The first-order valence-electron chi connectivity index (χ1n) is 10.1. The molecule has 1 heterocycles. The standard InChI is InChI=1S/C23H19Cl2NO7/c24-13-4-5-17(19(10-13)32-7-6-31-14-8-12(9-14)23(29)30)26-22(28)20-11-18(27)15-2-1-3-16(25)21(15)33-20/h1-5,10-12,14H,6-9H2,(H,26,28)(H,29,30). The summed E-state index contributed by atoms with van der Waals surface area (Å²) >= 11 is 12.2. The highest BCUT2D eigenvalue weighted by Crippen LogP contribution is 2.31. The van der Waals surface area contributed by atoms with Gasteiger partial charge in [-0.2, -0.15) is 0 Å². The lowest BCUT2D eigenvalue weighted by molar-refractivity contribution is -0.151. The van der Waals surface area contributed by atoms with Crippen molar-refractivity contribution < 1.29 is 28.6 Å². The average molecular weight is 492 g/mol. The third-order valence-electron chi connectivity index (χ3n) is 5.26. The van der Waals surface area contributed by atoms with Gasteiger partial charge in [0.1, 0.15) is 12.4 Å². The van der Waals surface area contributed by atoms with Crippen molar-refractivity contribution in [1.82, 2.24) is 0 Å². The second-order valence-corrected chi connectivity index (χ2v) is 8.38. The minimum atomic E-state index is -0.810. The quantitative estimate of drug-likeness (QED) is 0.442. The molecule has 1 aliphatic rings. The van der Waals surface area contributed by atoms with Crippen LogP contribution in [0.1, 0.15) is 23.4 Å². The monoisotopic (exact) mass is 491 g/mol. The molecule has 0 spiro atoms. The molecule has 4 rings (SSSR count). The van der Waals surface area contributed by atoms with Crippen molar-refractivity contribution in [2.45, 2.75) is 18.9 Å². The predicted molar refractivity (Wildman–Crippen MR) is 122 cm³/mol. The van der Waals surface area contributed by atoms with Crippen LogP contribution in [0.2, 0.25) is 10.0 Å². The van der Waals surface area contributed by atoms with E-state index < -0.39 is 17.3 Å². The highest BCUT2D eigenvalue weighted by Gasteiger charge is 2.35. The first kappa shape index (κ1) is 23.1. The van der Waals surface area contributed by atoms with E-state index >= 15 is 0 Å². The summed E-state index contributed by atoms with van der Waals surface area (Å²) in [5.41, 5.74) is 0.0540. The summed E-state index contributed by atoms with van der Waals surface area (Å²) in [7, 11) is 0. The number of carbonyl (C=O) groups excluding carboxylic acids is 1. The molecular weight excluding hydrogens is 473 g/mol. The molecule has 172 valence electrons. The molecule has 0 saturated heterocycles. The van der Waals surface area contributed by atoms with E-state index in [9.17, 15) is 14.4 Å². The Morgan fingerprint density at radius 3 is 2.67 bits per heavy atom. The fourth-order valence-electron chi connectivity index (χ4n) is 3.43. The Kier molecular flexibility index (Phi) is 6.88. The molecule has 1 fully saturated rings. The fourth-order valence-corrected chi connectivity index (χ4v) is 3.80. The van der Waals surface area contributed by atoms with Crippen molar-refractivity contribution in [3.05, 3.63) is 68.5 Å². The highest BCUT2D eigenvalue weighted by atomic mass is 35.5. The minimum absolute atomic E-state index is 0.101. The summed E-state index contributed by atoms with van der Waals surface area (Å²) in [6.07, 6.45) is 0.861. The van der Waals surface area contributed by atoms with E-state index in [4.69, 9.17) is 42.2 Å². The molecule has 2 aromatic carbocycles. The van der Waals surface area contributed by atoms with Gasteiger partial charge in [-0.3, -0.25) is 14.4 Å². The average Bonchev–Trinajstić information content (AvgIpc) is 2.74. The highest BCUT2D eigenvalue weighted by molar-refractivity contribution is 6.34. The molecule has 1 aromatic heterocycles. The van der Waals surface area contributed by atoms with Crippen molar-refractivity contribution >= 4 is 51.7 Å². The van der Waals surface area contributed by atoms with Gasteiger partial charge in [-0.05, 0) is 37.1 Å². The number of hydrogen-bond donors (Lipinski definition) is 2. The van der Waals surface area contributed by atoms with Crippen molar-refractivity contribution in [1.29, 1.82) is 0 Å². The molecule has 3 aromatic rings.